The van der Waals surface area contributed by atoms with Crippen LogP contribution in [0.5, 0.6) is 0 Å². The minimum Gasteiger partial charge on any atom is -0.396 e. The van der Waals surface area contributed by atoms with Crippen molar-refractivity contribution in [1.29, 1.82) is 5.26 Å². The predicted molar refractivity (Wildman–Crippen MR) is 77.0 cm³/mol. The second-order valence-electron chi connectivity index (χ2n) is 4.93. The molecule has 0 aliphatic carbocycles. The van der Waals surface area contributed by atoms with Gasteiger partial charge in [0.15, 0.2) is 0 Å². The van der Waals surface area contributed by atoms with E-state index in [1.165, 1.54) is 0 Å². The van der Waals surface area contributed by atoms with E-state index in [-0.39, 0.29) is 24.6 Å². The Morgan fingerprint density at radius 3 is 2.55 bits per heavy atom. The number of amides is 2. The third-order valence-corrected chi connectivity index (χ3v) is 3.12. The van der Waals surface area contributed by atoms with Crippen LogP contribution < -0.4 is 10.6 Å². The van der Waals surface area contributed by atoms with E-state index in [1.807, 2.05) is 26.0 Å². The van der Waals surface area contributed by atoms with Crippen molar-refractivity contribution in [3.8, 4) is 6.07 Å². The fourth-order valence-corrected chi connectivity index (χ4v) is 1.77. The van der Waals surface area contributed by atoms with E-state index >= 15 is 0 Å². The van der Waals surface area contributed by atoms with E-state index < -0.39 is 0 Å². The van der Waals surface area contributed by atoms with Crippen LogP contribution in [0.2, 0.25) is 0 Å². The number of aliphatic hydroxyl groups excluding tert-OH is 1. The largest absolute Gasteiger partial charge is 0.396 e. The molecule has 0 heterocycles. The quantitative estimate of drug-likeness (QED) is 0.741. The lowest BCUT2D eigenvalue weighted by molar-refractivity contribution is 0.231. The number of hydrogen-bond acceptors (Lipinski definition) is 3. The van der Waals surface area contributed by atoms with E-state index in [0.717, 1.165) is 5.56 Å². The first-order chi connectivity index (χ1) is 9.56. The number of aliphatic hydroxyl groups is 1. The van der Waals surface area contributed by atoms with Crippen LogP contribution in [-0.2, 0) is 0 Å². The molecule has 20 heavy (non-hydrogen) atoms. The van der Waals surface area contributed by atoms with Crippen LogP contribution in [0.15, 0.2) is 24.3 Å². The van der Waals surface area contributed by atoms with E-state index in [1.54, 1.807) is 12.1 Å². The predicted octanol–water partition coefficient (Wildman–Crippen LogP) is 1.94. The number of nitrogens with one attached hydrogen (secondary N) is 2. The van der Waals surface area contributed by atoms with Gasteiger partial charge < -0.3 is 15.7 Å². The monoisotopic (exact) mass is 275 g/mol. The summed E-state index contributed by atoms with van der Waals surface area (Å²) in [6, 6.07) is 8.82. The molecule has 5 nitrogen and oxygen atoms in total. The average molecular weight is 275 g/mol. The molecular weight excluding hydrogens is 254 g/mol. The summed E-state index contributed by atoms with van der Waals surface area (Å²) in [5.74, 6) is 0.246. The van der Waals surface area contributed by atoms with Crippen LogP contribution in [0.3, 0.4) is 0 Å². The molecule has 1 aromatic carbocycles. The summed E-state index contributed by atoms with van der Waals surface area (Å²) in [6.45, 7) is 4.53. The molecule has 0 aliphatic rings. The van der Waals surface area contributed by atoms with Gasteiger partial charge in [0.2, 0.25) is 0 Å². The molecule has 0 saturated carbocycles. The van der Waals surface area contributed by atoms with Crippen molar-refractivity contribution in [2.24, 2.45) is 5.92 Å². The van der Waals surface area contributed by atoms with Crippen molar-refractivity contribution in [2.75, 3.05) is 13.2 Å². The number of carbonyl (C=O) groups excluding carboxylic acids is 1. The smallest absolute Gasteiger partial charge is 0.315 e. The van der Waals surface area contributed by atoms with Crippen molar-refractivity contribution < 1.29 is 9.90 Å². The molecule has 3 N–H and O–H groups in total. The second kappa shape index (κ2) is 8.18. The van der Waals surface area contributed by atoms with Gasteiger partial charge in [-0.05, 0) is 37.0 Å². The third-order valence-electron chi connectivity index (χ3n) is 3.12. The lowest BCUT2D eigenvalue weighted by atomic mass is 10.1. The molecule has 5 heteroatoms. The maximum atomic E-state index is 11.7. The van der Waals surface area contributed by atoms with Gasteiger partial charge in [0.05, 0.1) is 17.7 Å². The average Bonchev–Trinajstić information content (AvgIpc) is 2.45. The maximum absolute atomic E-state index is 11.7. The maximum Gasteiger partial charge on any atom is 0.315 e. The Kier molecular flexibility index (Phi) is 6.54. The number of hydrogen-bond donors (Lipinski definition) is 3. The molecule has 0 aromatic heterocycles. The molecule has 1 aromatic rings. The minimum absolute atomic E-state index is 0.129. The highest BCUT2D eigenvalue weighted by Crippen LogP contribution is 2.12. The lowest BCUT2D eigenvalue weighted by Gasteiger charge is -2.16. The van der Waals surface area contributed by atoms with Gasteiger partial charge in [0, 0.05) is 13.2 Å². The Morgan fingerprint density at radius 2 is 2.00 bits per heavy atom. The molecule has 2 atom stereocenters. The summed E-state index contributed by atoms with van der Waals surface area (Å²) in [5, 5.41) is 23.1. The summed E-state index contributed by atoms with van der Waals surface area (Å²) < 4.78 is 0. The van der Waals surface area contributed by atoms with Gasteiger partial charge in [-0.3, -0.25) is 0 Å². The number of benzene rings is 1. The standard InChI is InChI=1S/C15H21N3O2/c1-11(7-8-19)10-17-15(20)18-12(2)14-5-3-13(9-16)4-6-14/h3-6,11-12,19H,7-8,10H2,1-2H3,(H2,17,18,20). The zero-order valence-electron chi connectivity index (χ0n) is 11.9. The van der Waals surface area contributed by atoms with Crippen molar-refractivity contribution in [3.63, 3.8) is 0 Å². The van der Waals surface area contributed by atoms with Crippen molar-refractivity contribution in [3.05, 3.63) is 35.4 Å². The fraction of sp³-hybridized carbons (Fsp3) is 0.467. The van der Waals surface area contributed by atoms with Gasteiger partial charge >= 0.3 is 6.03 Å². The molecular formula is C15H21N3O2. The van der Waals surface area contributed by atoms with Gasteiger partial charge in [-0.25, -0.2) is 4.79 Å². The Bertz CT molecular complexity index is 465. The van der Waals surface area contributed by atoms with Crippen LogP contribution >= 0.6 is 0 Å². The first-order valence-corrected chi connectivity index (χ1v) is 6.72. The summed E-state index contributed by atoms with van der Waals surface area (Å²) in [6.07, 6.45) is 0.672. The van der Waals surface area contributed by atoms with E-state index in [9.17, 15) is 4.79 Å². The van der Waals surface area contributed by atoms with Crippen LogP contribution in [0.25, 0.3) is 0 Å². The van der Waals surface area contributed by atoms with E-state index in [4.69, 9.17) is 10.4 Å². The van der Waals surface area contributed by atoms with E-state index in [2.05, 4.69) is 16.7 Å². The highest BCUT2D eigenvalue weighted by Gasteiger charge is 2.10. The van der Waals surface area contributed by atoms with Crippen LogP contribution in [0.1, 0.15) is 37.4 Å². The Hall–Kier alpha value is -2.06. The number of carbonyl (C=O) groups is 1. The summed E-state index contributed by atoms with van der Waals surface area (Å²) in [5.41, 5.74) is 1.55. The summed E-state index contributed by atoms with van der Waals surface area (Å²) >= 11 is 0. The topological polar surface area (TPSA) is 85.2 Å². The summed E-state index contributed by atoms with van der Waals surface area (Å²) in [7, 11) is 0. The Balaban J connectivity index is 2.42. The lowest BCUT2D eigenvalue weighted by Crippen LogP contribution is -2.39. The Morgan fingerprint density at radius 1 is 1.35 bits per heavy atom. The zero-order valence-corrected chi connectivity index (χ0v) is 11.9. The molecule has 0 spiro atoms. The molecule has 0 saturated heterocycles. The molecule has 0 radical (unpaired) electrons. The van der Waals surface area contributed by atoms with Gasteiger partial charge in [0.25, 0.3) is 0 Å². The molecule has 0 bridgehead atoms. The zero-order chi connectivity index (χ0) is 15.0. The van der Waals surface area contributed by atoms with Crippen LogP contribution in [-0.4, -0.2) is 24.3 Å². The fourth-order valence-electron chi connectivity index (χ4n) is 1.77. The van der Waals surface area contributed by atoms with Crippen molar-refractivity contribution in [2.45, 2.75) is 26.3 Å². The van der Waals surface area contributed by atoms with Gasteiger partial charge in [0.1, 0.15) is 0 Å². The van der Waals surface area contributed by atoms with E-state index in [0.29, 0.717) is 18.5 Å². The number of nitrogens with zero attached hydrogens (tertiary/aromatic N) is 1. The molecule has 0 fully saturated rings. The number of urea groups is 1. The van der Waals surface area contributed by atoms with Gasteiger partial charge in [-0.1, -0.05) is 19.1 Å². The minimum atomic E-state index is -0.230. The normalized spacial score (nSPS) is 13.1. The highest BCUT2D eigenvalue weighted by atomic mass is 16.3. The molecule has 2 amide bonds. The molecule has 108 valence electrons. The molecule has 0 aliphatic heterocycles. The van der Waals surface area contributed by atoms with Crippen LogP contribution in [0.4, 0.5) is 4.79 Å². The highest BCUT2D eigenvalue weighted by molar-refractivity contribution is 5.74. The SMILES string of the molecule is CC(CCO)CNC(=O)NC(C)c1ccc(C#N)cc1. The first-order valence-electron chi connectivity index (χ1n) is 6.72. The molecule has 2 unspecified atom stereocenters. The number of nitriles is 1. The number of rotatable bonds is 6. The Labute approximate surface area is 119 Å². The van der Waals surface area contributed by atoms with Gasteiger partial charge in [-0.2, -0.15) is 5.26 Å². The van der Waals surface area contributed by atoms with Crippen molar-refractivity contribution in [1.82, 2.24) is 10.6 Å². The van der Waals surface area contributed by atoms with Gasteiger partial charge in [-0.15, -0.1) is 0 Å². The summed E-state index contributed by atoms with van der Waals surface area (Å²) in [4.78, 5) is 11.7. The van der Waals surface area contributed by atoms with Crippen LogP contribution in [0, 0.1) is 17.2 Å². The third kappa shape index (κ3) is 5.29. The second-order valence-corrected chi connectivity index (χ2v) is 4.93. The van der Waals surface area contributed by atoms with Crippen molar-refractivity contribution >= 4 is 6.03 Å². The first kappa shape index (κ1) is 16.0. The molecule has 1 rings (SSSR count).